The van der Waals surface area contributed by atoms with Crippen molar-refractivity contribution < 1.29 is 14.6 Å². The van der Waals surface area contributed by atoms with E-state index in [0.29, 0.717) is 6.61 Å². The van der Waals surface area contributed by atoms with E-state index in [1.807, 2.05) is 26.8 Å². The number of ether oxygens (including phenoxy) is 2. The van der Waals surface area contributed by atoms with Gasteiger partial charge in [-0.05, 0) is 44.4 Å². The Balaban J connectivity index is 3.11. The Labute approximate surface area is 116 Å². The van der Waals surface area contributed by atoms with Gasteiger partial charge in [-0.15, -0.1) is 0 Å². The summed E-state index contributed by atoms with van der Waals surface area (Å²) in [6.07, 6.45) is 1.00. The van der Waals surface area contributed by atoms with E-state index in [4.69, 9.17) is 9.47 Å². The third-order valence-corrected chi connectivity index (χ3v) is 3.32. The normalized spacial score (nSPS) is 14.2. The number of aliphatic hydroxyl groups is 1. The van der Waals surface area contributed by atoms with E-state index in [1.54, 1.807) is 7.11 Å². The first-order valence-electron chi connectivity index (χ1n) is 6.99. The van der Waals surface area contributed by atoms with Gasteiger partial charge in [0.05, 0.1) is 13.2 Å². The second-order valence-corrected chi connectivity index (χ2v) is 4.93. The molecule has 2 unspecified atom stereocenters. The molecule has 0 fully saturated rings. The van der Waals surface area contributed by atoms with Crippen LogP contribution in [0, 0.1) is 13.8 Å². The molecule has 0 bridgehead atoms. The van der Waals surface area contributed by atoms with E-state index in [0.717, 1.165) is 35.3 Å². The largest absolute Gasteiger partial charge is 0.496 e. The van der Waals surface area contributed by atoms with Gasteiger partial charge in [0.25, 0.3) is 0 Å². The molecule has 3 heteroatoms. The van der Waals surface area contributed by atoms with Crippen LogP contribution in [0.2, 0.25) is 0 Å². The fourth-order valence-corrected chi connectivity index (χ4v) is 2.50. The van der Waals surface area contributed by atoms with Gasteiger partial charge in [-0.2, -0.15) is 0 Å². The fraction of sp³-hybridized carbons (Fsp3) is 0.625. The minimum atomic E-state index is -0.643. The van der Waals surface area contributed by atoms with E-state index in [9.17, 15) is 5.11 Å². The summed E-state index contributed by atoms with van der Waals surface area (Å²) in [5, 5.41) is 10.6. The first-order chi connectivity index (χ1) is 9.04. The van der Waals surface area contributed by atoms with Gasteiger partial charge in [-0.3, -0.25) is 0 Å². The summed E-state index contributed by atoms with van der Waals surface area (Å²) >= 11 is 0. The molecule has 108 valence electrons. The SMILES string of the molecule is CCCC(OCC)C(O)c1c(C)cc(C)cc1OC. The summed E-state index contributed by atoms with van der Waals surface area (Å²) in [6.45, 7) is 8.68. The molecule has 0 amide bonds. The number of hydrogen-bond donors (Lipinski definition) is 1. The molecule has 2 atom stereocenters. The quantitative estimate of drug-likeness (QED) is 0.820. The second kappa shape index (κ2) is 7.51. The van der Waals surface area contributed by atoms with Crippen molar-refractivity contribution in [3.05, 3.63) is 28.8 Å². The number of aryl methyl sites for hydroxylation is 2. The van der Waals surface area contributed by atoms with Crippen LogP contribution in [0.5, 0.6) is 5.75 Å². The van der Waals surface area contributed by atoms with Gasteiger partial charge < -0.3 is 14.6 Å². The van der Waals surface area contributed by atoms with Crippen molar-refractivity contribution in [1.82, 2.24) is 0 Å². The van der Waals surface area contributed by atoms with Gasteiger partial charge in [0.2, 0.25) is 0 Å². The lowest BCUT2D eigenvalue weighted by molar-refractivity contribution is -0.0395. The summed E-state index contributed by atoms with van der Waals surface area (Å²) in [4.78, 5) is 0. The first-order valence-corrected chi connectivity index (χ1v) is 6.99. The predicted molar refractivity (Wildman–Crippen MR) is 77.7 cm³/mol. The average Bonchev–Trinajstić information content (AvgIpc) is 2.36. The molecule has 0 aliphatic carbocycles. The highest BCUT2D eigenvalue weighted by atomic mass is 16.5. The Morgan fingerprint density at radius 1 is 1.21 bits per heavy atom. The smallest absolute Gasteiger partial charge is 0.125 e. The van der Waals surface area contributed by atoms with Gasteiger partial charge in [-0.25, -0.2) is 0 Å². The molecule has 0 saturated heterocycles. The highest BCUT2D eigenvalue weighted by molar-refractivity contribution is 5.44. The summed E-state index contributed by atoms with van der Waals surface area (Å²) in [5.41, 5.74) is 3.03. The van der Waals surface area contributed by atoms with Crippen LogP contribution in [0.15, 0.2) is 12.1 Å². The van der Waals surface area contributed by atoms with Crippen LogP contribution in [0.4, 0.5) is 0 Å². The van der Waals surface area contributed by atoms with Gasteiger partial charge in [0.1, 0.15) is 11.9 Å². The van der Waals surface area contributed by atoms with Gasteiger partial charge in [-0.1, -0.05) is 19.4 Å². The van der Waals surface area contributed by atoms with Gasteiger partial charge in [0.15, 0.2) is 0 Å². The maximum Gasteiger partial charge on any atom is 0.125 e. The van der Waals surface area contributed by atoms with Crippen LogP contribution in [-0.4, -0.2) is 24.9 Å². The van der Waals surface area contributed by atoms with Crippen molar-refractivity contribution in [2.75, 3.05) is 13.7 Å². The molecule has 0 spiro atoms. The Kier molecular flexibility index (Phi) is 6.32. The Morgan fingerprint density at radius 2 is 1.89 bits per heavy atom. The zero-order valence-corrected chi connectivity index (χ0v) is 12.7. The van der Waals surface area contributed by atoms with Crippen molar-refractivity contribution in [3.63, 3.8) is 0 Å². The minimum Gasteiger partial charge on any atom is -0.496 e. The van der Waals surface area contributed by atoms with Gasteiger partial charge >= 0.3 is 0 Å². The van der Waals surface area contributed by atoms with Crippen molar-refractivity contribution in [3.8, 4) is 5.75 Å². The molecule has 0 aliphatic rings. The van der Waals surface area contributed by atoms with E-state index in [2.05, 4.69) is 13.0 Å². The summed E-state index contributed by atoms with van der Waals surface area (Å²) < 4.78 is 11.1. The van der Waals surface area contributed by atoms with Crippen molar-refractivity contribution in [2.24, 2.45) is 0 Å². The molecular formula is C16H26O3. The maximum atomic E-state index is 10.6. The zero-order valence-electron chi connectivity index (χ0n) is 12.7. The monoisotopic (exact) mass is 266 g/mol. The highest BCUT2D eigenvalue weighted by Gasteiger charge is 2.25. The molecule has 19 heavy (non-hydrogen) atoms. The molecule has 1 rings (SSSR count). The van der Waals surface area contributed by atoms with E-state index < -0.39 is 6.10 Å². The van der Waals surface area contributed by atoms with Gasteiger partial charge in [0, 0.05) is 12.2 Å². The topological polar surface area (TPSA) is 38.7 Å². The number of aliphatic hydroxyl groups excluding tert-OH is 1. The number of rotatable bonds is 7. The van der Waals surface area contributed by atoms with E-state index >= 15 is 0 Å². The summed E-state index contributed by atoms with van der Waals surface area (Å²) in [5.74, 6) is 0.741. The minimum absolute atomic E-state index is 0.176. The number of methoxy groups -OCH3 is 1. The van der Waals surface area contributed by atoms with Crippen LogP contribution in [0.3, 0.4) is 0 Å². The first kappa shape index (κ1) is 16.0. The van der Waals surface area contributed by atoms with Crippen LogP contribution in [0.1, 0.15) is 49.5 Å². The molecule has 0 aromatic heterocycles. The molecule has 3 nitrogen and oxygen atoms in total. The molecule has 1 aromatic rings. The van der Waals surface area contributed by atoms with Crippen LogP contribution in [-0.2, 0) is 4.74 Å². The Hall–Kier alpha value is -1.06. The lowest BCUT2D eigenvalue weighted by atomic mass is 9.94. The predicted octanol–water partition coefficient (Wildman–Crippen LogP) is 3.55. The molecule has 0 radical (unpaired) electrons. The van der Waals surface area contributed by atoms with Crippen LogP contribution >= 0.6 is 0 Å². The average molecular weight is 266 g/mol. The highest BCUT2D eigenvalue weighted by Crippen LogP contribution is 2.33. The number of benzene rings is 1. The maximum absolute atomic E-state index is 10.6. The van der Waals surface area contributed by atoms with E-state index in [1.165, 1.54) is 0 Å². The van der Waals surface area contributed by atoms with Crippen molar-refractivity contribution >= 4 is 0 Å². The molecule has 0 aliphatic heterocycles. The molecular weight excluding hydrogens is 240 g/mol. The lowest BCUT2D eigenvalue weighted by Gasteiger charge is -2.26. The fourth-order valence-electron chi connectivity index (χ4n) is 2.50. The molecule has 1 aromatic carbocycles. The van der Waals surface area contributed by atoms with Crippen LogP contribution in [0.25, 0.3) is 0 Å². The summed E-state index contributed by atoms with van der Waals surface area (Å²) in [6, 6.07) is 4.02. The van der Waals surface area contributed by atoms with Crippen molar-refractivity contribution in [2.45, 2.75) is 52.7 Å². The number of hydrogen-bond acceptors (Lipinski definition) is 3. The zero-order chi connectivity index (χ0) is 14.4. The van der Waals surface area contributed by atoms with E-state index in [-0.39, 0.29) is 6.10 Å². The van der Waals surface area contributed by atoms with Crippen molar-refractivity contribution in [1.29, 1.82) is 0 Å². The second-order valence-electron chi connectivity index (χ2n) is 4.93. The third-order valence-electron chi connectivity index (χ3n) is 3.32. The van der Waals surface area contributed by atoms with Crippen LogP contribution < -0.4 is 4.74 Å². The third kappa shape index (κ3) is 3.95. The molecule has 0 saturated carbocycles. The molecule has 1 N–H and O–H groups in total. The molecule has 0 heterocycles. The summed E-state index contributed by atoms with van der Waals surface area (Å²) in [7, 11) is 1.64. The standard InChI is InChI=1S/C16H26O3/c1-6-8-13(19-7-2)16(17)15-12(4)9-11(3)10-14(15)18-5/h9-10,13,16-17H,6-8H2,1-5H3. The Bertz CT molecular complexity index is 395. The lowest BCUT2D eigenvalue weighted by Crippen LogP contribution is -2.23. The Morgan fingerprint density at radius 3 is 2.42 bits per heavy atom.